The Bertz CT molecular complexity index is 8400. The van der Waals surface area contributed by atoms with Crippen molar-refractivity contribution in [3.8, 4) is 167 Å². The van der Waals surface area contributed by atoms with Gasteiger partial charge in [-0.25, -0.2) is 0 Å². The van der Waals surface area contributed by atoms with Crippen LogP contribution in [0, 0.1) is 48.5 Å². The average Bonchev–Trinajstić information content (AvgIpc) is 0.773. The van der Waals surface area contributed by atoms with E-state index >= 15 is 0 Å². The molecule has 24 aromatic rings. The molecule has 147 heavy (non-hydrogen) atoms. The lowest BCUT2D eigenvalue weighted by atomic mass is 9.88. The topological polar surface area (TPSA) is 0 Å². The summed E-state index contributed by atoms with van der Waals surface area (Å²) in [7, 11) is 0. The highest BCUT2D eigenvalue weighted by atomic mass is 14.2. The van der Waals surface area contributed by atoms with Gasteiger partial charge in [-0.1, -0.05) is 581 Å². The monoisotopic (exact) mass is 1880 g/mol. The van der Waals surface area contributed by atoms with Crippen molar-refractivity contribution in [3.05, 3.63) is 640 Å². The molecular weight excluding hydrogens is 1770 g/mol. The van der Waals surface area contributed by atoms with Gasteiger partial charge in [0.25, 0.3) is 0 Å². The number of rotatable bonds is 15. The van der Waals surface area contributed by atoms with Crippen LogP contribution in [0.1, 0.15) is 38.9 Å². The van der Waals surface area contributed by atoms with Crippen LogP contribution in [0.3, 0.4) is 0 Å². The van der Waals surface area contributed by atoms with Crippen molar-refractivity contribution in [2.24, 2.45) is 0 Å². The van der Waals surface area contributed by atoms with Crippen LogP contribution in [0.25, 0.3) is 188 Å². The smallest absolute Gasteiger partial charge is 0.00757 e. The minimum absolute atomic E-state index is 1.25. The Morgan fingerprint density at radius 3 is 0.776 bits per heavy atom. The molecule has 0 unspecified atom stereocenters. The van der Waals surface area contributed by atoms with Crippen LogP contribution in [0.5, 0.6) is 0 Å². The highest BCUT2D eigenvalue weighted by Gasteiger charge is 2.18. The number of benzene rings is 24. The van der Waals surface area contributed by atoms with Crippen molar-refractivity contribution in [1.82, 2.24) is 0 Å². The van der Waals surface area contributed by atoms with Crippen molar-refractivity contribution >= 4 is 21.5 Å². The first-order valence-corrected chi connectivity index (χ1v) is 50.8. The van der Waals surface area contributed by atoms with Crippen LogP contribution in [0.15, 0.2) is 601 Å². The minimum Gasteiger partial charge on any atom is -0.0622 e. The molecule has 0 aliphatic heterocycles. The van der Waals surface area contributed by atoms with Crippen molar-refractivity contribution < 1.29 is 0 Å². The molecule has 0 bridgehead atoms. The third-order valence-corrected chi connectivity index (χ3v) is 26.9. The summed E-state index contributed by atoms with van der Waals surface area (Å²) < 4.78 is 0. The number of hydrogen-bond acceptors (Lipinski definition) is 0. The van der Waals surface area contributed by atoms with Crippen LogP contribution in [-0.2, 0) is 0 Å². The Labute approximate surface area is 870 Å². The highest BCUT2D eigenvalue weighted by Crippen LogP contribution is 2.43. The molecule has 0 aliphatic rings. The summed E-state index contributed by atoms with van der Waals surface area (Å²) in [5.41, 5.74) is 47.0. The van der Waals surface area contributed by atoms with E-state index in [1.54, 1.807) is 0 Å². The van der Waals surface area contributed by atoms with Crippen molar-refractivity contribution in [2.45, 2.75) is 48.5 Å². The summed E-state index contributed by atoms with van der Waals surface area (Å²) in [5.74, 6) is 0. The minimum atomic E-state index is 1.25. The normalized spacial score (nSPS) is 10.6. The molecule has 0 heterocycles. The molecule has 0 aliphatic carbocycles. The first kappa shape index (κ1) is 99.0. The molecule has 0 saturated heterocycles. The number of aryl methyl sites for hydroxylation is 7. The van der Waals surface area contributed by atoms with E-state index in [0.717, 1.165) is 0 Å². The van der Waals surface area contributed by atoms with Gasteiger partial charge >= 0.3 is 0 Å². The second-order valence-corrected chi connectivity index (χ2v) is 37.3. The predicted octanol–water partition coefficient (Wildman–Crippen LogP) is 41.3. The summed E-state index contributed by atoms with van der Waals surface area (Å²) in [6.07, 6.45) is 0. The zero-order valence-electron chi connectivity index (χ0n) is 84.7. The zero-order valence-corrected chi connectivity index (χ0v) is 84.7. The summed E-state index contributed by atoms with van der Waals surface area (Å²) in [6.45, 7) is 15.1. The molecule has 24 aromatic carbocycles. The molecule has 0 heteroatoms. The SMILES string of the molecule is Cc1cc(-c2ccccc2)cc(-c2ccccc2)c1-c1ccccc1.Cc1ccc(-c2ccccc2-c2cccc(-c3ccccc3)c2)cc1.Cc1ccc2ccccc2c1.Cc1cccc(-c2ccccc2-c2cccc(-c3ccccc3)c2)c1.Cc1cccc2ccccc12.Cc1ccccc1-c1cccc(-c2cccc(-c3ccccc3)c2)c1.Cc1ccccc1-c1ccccc1-c1cccc(-c2ccccc2)c1. The maximum Gasteiger partial charge on any atom is -0.00757 e. The summed E-state index contributed by atoms with van der Waals surface area (Å²) in [5, 5.41) is 5.33. The molecule has 0 spiro atoms. The molecule has 0 aromatic heterocycles. The standard InChI is InChI=1S/5C25H20.2C11H10/c1-19-17-23(20-11-5-2-6-12-20)18-24(21-13-7-3-8-14-21)25(19)22-15-9-4-10-16-22;1-19-9-7-13-22(17-19)24-15-5-6-16-25(24)23-14-8-12-21(18-23)20-10-3-2-4-11-20;1-19-9-5-6-16-25(19)24-15-8-14-23(18-24)22-13-7-12-21(17-22)20-10-3-2-4-11-20;1-19-10-5-6-15-23(19)25-17-8-7-16-24(25)22-14-9-13-21(18-22)20-11-3-2-4-12-20;1-19-14-16-21(17-15-19)24-12-5-6-13-25(24)23-11-7-10-22(18-23)20-8-3-2-4-9-20;1-9-5-4-7-10-6-2-3-8-11(9)10;1-9-6-7-10-4-2-3-5-11(10)8-9/h5*2-18H,1H3;2*2-8H,1H3. The predicted molar refractivity (Wildman–Crippen MR) is 635 cm³/mol. The van der Waals surface area contributed by atoms with Gasteiger partial charge in [0, 0.05) is 0 Å². The van der Waals surface area contributed by atoms with Gasteiger partial charge in [0.15, 0.2) is 0 Å². The van der Waals surface area contributed by atoms with Gasteiger partial charge in [-0.15, -0.1) is 0 Å². The van der Waals surface area contributed by atoms with Crippen LogP contribution >= 0.6 is 0 Å². The fourth-order valence-corrected chi connectivity index (χ4v) is 19.2. The molecule has 0 amide bonds. The van der Waals surface area contributed by atoms with Crippen LogP contribution < -0.4 is 0 Å². The van der Waals surface area contributed by atoms with Gasteiger partial charge in [0.2, 0.25) is 0 Å². The fraction of sp³-hybridized carbons (Fsp3) is 0.0476. The highest BCUT2D eigenvalue weighted by molar-refractivity contribution is 5.93. The summed E-state index contributed by atoms with van der Waals surface area (Å²) >= 11 is 0. The largest absolute Gasteiger partial charge is 0.0622 e. The molecule has 0 saturated carbocycles. The van der Waals surface area contributed by atoms with Gasteiger partial charge in [-0.3, -0.25) is 0 Å². The molecular formula is C147H120. The second-order valence-electron chi connectivity index (χ2n) is 37.3. The lowest BCUT2D eigenvalue weighted by Gasteiger charge is -2.16. The van der Waals surface area contributed by atoms with Crippen LogP contribution in [0.4, 0.5) is 0 Å². The fourth-order valence-electron chi connectivity index (χ4n) is 19.2. The summed E-state index contributed by atoms with van der Waals surface area (Å²) in [4.78, 5) is 0. The van der Waals surface area contributed by atoms with Gasteiger partial charge in [0.05, 0.1) is 0 Å². The Kier molecular flexibility index (Phi) is 33.3. The van der Waals surface area contributed by atoms with E-state index in [2.05, 4.69) is 649 Å². The molecule has 0 N–H and O–H groups in total. The zero-order chi connectivity index (χ0) is 101. The molecule has 0 atom stereocenters. The average molecular weight is 1890 g/mol. The van der Waals surface area contributed by atoms with Gasteiger partial charge in [-0.05, 0) is 296 Å². The van der Waals surface area contributed by atoms with E-state index in [9.17, 15) is 0 Å². The maximum atomic E-state index is 2.32. The summed E-state index contributed by atoms with van der Waals surface area (Å²) in [6, 6.07) is 213. The Hall–Kier alpha value is -18.2. The second kappa shape index (κ2) is 49.5. The van der Waals surface area contributed by atoms with E-state index in [0.29, 0.717) is 0 Å². The van der Waals surface area contributed by atoms with Gasteiger partial charge < -0.3 is 0 Å². The van der Waals surface area contributed by atoms with E-state index in [1.807, 2.05) is 0 Å². The quantitative estimate of drug-likeness (QED) is 0.0960. The van der Waals surface area contributed by atoms with Gasteiger partial charge in [0.1, 0.15) is 0 Å². The van der Waals surface area contributed by atoms with Gasteiger partial charge in [-0.2, -0.15) is 0 Å². The Balaban J connectivity index is 0.000000114. The third-order valence-electron chi connectivity index (χ3n) is 26.9. The molecule has 0 radical (unpaired) electrons. The van der Waals surface area contributed by atoms with Crippen LogP contribution in [0.2, 0.25) is 0 Å². The molecule has 0 nitrogen and oxygen atoms in total. The van der Waals surface area contributed by atoms with Crippen molar-refractivity contribution in [1.29, 1.82) is 0 Å². The maximum absolute atomic E-state index is 2.32. The third kappa shape index (κ3) is 25.8. The lowest BCUT2D eigenvalue weighted by molar-refractivity contribution is 1.44. The van der Waals surface area contributed by atoms with E-state index in [4.69, 9.17) is 0 Å². The first-order valence-electron chi connectivity index (χ1n) is 50.8. The van der Waals surface area contributed by atoms with Crippen LogP contribution in [-0.4, -0.2) is 0 Å². The first-order chi connectivity index (χ1) is 72.3. The Morgan fingerprint density at radius 2 is 0.354 bits per heavy atom. The number of fused-ring (bicyclic) bond motifs is 2. The van der Waals surface area contributed by atoms with Crippen molar-refractivity contribution in [3.63, 3.8) is 0 Å². The molecule has 708 valence electrons. The van der Waals surface area contributed by atoms with E-state index < -0.39 is 0 Å². The molecule has 24 rings (SSSR count). The Morgan fingerprint density at radius 1 is 0.0952 bits per heavy atom. The molecule has 0 fully saturated rings. The van der Waals surface area contributed by atoms with E-state index in [-0.39, 0.29) is 0 Å². The van der Waals surface area contributed by atoms with Crippen molar-refractivity contribution in [2.75, 3.05) is 0 Å². The van der Waals surface area contributed by atoms with E-state index in [1.165, 1.54) is 227 Å². The number of hydrogen-bond donors (Lipinski definition) is 0. The lowest BCUT2D eigenvalue weighted by Crippen LogP contribution is -1.91.